The number of hydrogen-bond acceptors (Lipinski definition) is 8. The summed E-state index contributed by atoms with van der Waals surface area (Å²) in [5.41, 5.74) is 9.86. The number of pyridine rings is 2. The Labute approximate surface area is 413 Å². The summed E-state index contributed by atoms with van der Waals surface area (Å²) in [6, 6.07) is 71.7. The van der Waals surface area contributed by atoms with Crippen LogP contribution < -0.4 is 0 Å². The number of nitrogens with zero attached hydrogens (tertiary/aromatic N) is 8. The molecule has 72 heavy (non-hydrogen) atoms. The Bertz CT molecular complexity index is 4080. The molecule has 0 fully saturated rings. The summed E-state index contributed by atoms with van der Waals surface area (Å²) in [7, 11) is 0. The van der Waals surface area contributed by atoms with E-state index in [1.54, 1.807) is 0 Å². The Kier molecular flexibility index (Phi) is 9.67. The second kappa shape index (κ2) is 16.9. The number of benzene rings is 10. The number of hydrogen-bond donors (Lipinski definition) is 0. The molecule has 14 aromatic rings. The van der Waals surface area contributed by atoms with Gasteiger partial charge in [0, 0.05) is 58.2 Å². The number of fused-ring (bicyclic) bond motifs is 2. The maximum absolute atomic E-state index is 5.32. The third-order valence-electron chi connectivity index (χ3n) is 13.8. The van der Waals surface area contributed by atoms with E-state index in [9.17, 15) is 0 Å². The van der Waals surface area contributed by atoms with E-state index in [4.69, 9.17) is 29.9 Å². The molecule has 14 rings (SSSR count). The maximum Gasteiger partial charge on any atom is 0.164 e. The Morgan fingerprint density at radius 3 is 0.931 bits per heavy atom. The highest BCUT2D eigenvalue weighted by molar-refractivity contribution is 6.27. The fourth-order valence-corrected chi connectivity index (χ4v) is 10.2. The lowest BCUT2D eigenvalue weighted by atomic mass is 9.89. The maximum atomic E-state index is 5.32. The van der Waals surface area contributed by atoms with Gasteiger partial charge in [-0.25, -0.2) is 29.9 Å². The molecule has 0 saturated heterocycles. The molecule has 0 radical (unpaired) electrons. The van der Waals surface area contributed by atoms with Crippen LogP contribution in [0.5, 0.6) is 0 Å². The van der Waals surface area contributed by atoms with Crippen LogP contribution in [0.2, 0.25) is 0 Å². The largest absolute Gasteiger partial charge is 0.265 e. The quantitative estimate of drug-likeness (QED) is 0.139. The fraction of sp³-hybridized carbons (Fsp3) is 0. The smallest absolute Gasteiger partial charge is 0.164 e. The van der Waals surface area contributed by atoms with Crippen molar-refractivity contribution >= 4 is 53.9 Å². The molecule has 0 spiro atoms. The zero-order valence-corrected chi connectivity index (χ0v) is 38.5. The number of rotatable bonds is 8. The molecule has 0 N–H and O–H groups in total. The van der Waals surface area contributed by atoms with Crippen molar-refractivity contribution in [2.45, 2.75) is 0 Å². The molecular weight excluding hydrogens is 881 g/mol. The van der Waals surface area contributed by atoms with Gasteiger partial charge in [0.2, 0.25) is 0 Å². The van der Waals surface area contributed by atoms with Gasteiger partial charge in [0.15, 0.2) is 34.9 Å². The summed E-state index contributed by atoms with van der Waals surface area (Å²) in [6.45, 7) is 0. The van der Waals surface area contributed by atoms with Crippen LogP contribution in [0.3, 0.4) is 0 Å². The zero-order valence-electron chi connectivity index (χ0n) is 38.5. The first-order valence-electron chi connectivity index (χ1n) is 23.9. The van der Waals surface area contributed by atoms with Gasteiger partial charge < -0.3 is 0 Å². The molecule has 0 aliphatic rings. The molecule has 8 heteroatoms. The second-order valence-corrected chi connectivity index (χ2v) is 17.9. The molecule has 4 aromatic heterocycles. The van der Waals surface area contributed by atoms with Crippen molar-refractivity contribution < 1.29 is 0 Å². The zero-order chi connectivity index (χ0) is 47.5. The molecular formula is C64H38N8. The van der Waals surface area contributed by atoms with Crippen molar-refractivity contribution in [1.82, 2.24) is 39.9 Å². The fourth-order valence-electron chi connectivity index (χ4n) is 10.2. The van der Waals surface area contributed by atoms with Gasteiger partial charge in [-0.1, -0.05) is 170 Å². The van der Waals surface area contributed by atoms with Crippen LogP contribution in [-0.2, 0) is 0 Å². The molecule has 4 heterocycles. The highest BCUT2D eigenvalue weighted by atomic mass is 15.0. The van der Waals surface area contributed by atoms with Crippen molar-refractivity contribution in [2.75, 3.05) is 0 Å². The predicted octanol–water partition coefficient (Wildman–Crippen LogP) is 15.4. The molecule has 0 amide bonds. The molecule has 8 nitrogen and oxygen atoms in total. The van der Waals surface area contributed by atoms with Gasteiger partial charge in [-0.05, 0) is 113 Å². The Morgan fingerprint density at radius 2 is 0.514 bits per heavy atom. The van der Waals surface area contributed by atoms with Crippen LogP contribution in [0.4, 0.5) is 0 Å². The van der Waals surface area contributed by atoms with Gasteiger partial charge in [0.25, 0.3) is 0 Å². The topological polar surface area (TPSA) is 103 Å². The molecule has 0 aliphatic carbocycles. The first kappa shape index (κ1) is 41.1. The minimum Gasteiger partial charge on any atom is -0.265 e. The van der Waals surface area contributed by atoms with E-state index in [1.807, 2.05) is 49.1 Å². The van der Waals surface area contributed by atoms with Crippen LogP contribution >= 0.6 is 0 Å². The summed E-state index contributed by atoms with van der Waals surface area (Å²) in [6.07, 6.45) is 7.25. The minimum atomic E-state index is 0.594. The Hall–Kier alpha value is -9.92. The van der Waals surface area contributed by atoms with E-state index in [1.165, 1.54) is 0 Å². The van der Waals surface area contributed by atoms with Crippen molar-refractivity contribution in [2.24, 2.45) is 0 Å². The van der Waals surface area contributed by atoms with Gasteiger partial charge in [-0.2, -0.15) is 0 Å². The first-order chi connectivity index (χ1) is 35.7. The van der Waals surface area contributed by atoms with Crippen LogP contribution in [0.15, 0.2) is 231 Å². The average molecular weight is 919 g/mol. The SMILES string of the molecule is c1ccc2c(-c3nc(-c4ccc(-c5ccncc5)cc4)nc(-c4ccc5ccc6c(-c7nc(-c8ccc(-c9ccncc9)cc8)nc(-c8cccc9ccccc89)n7)ccc7ccc4c5c76)n3)cccc2c1. The number of aromatic nitrogens is 8. The van der Waals surface area contributed by atoms with Crippen LogP contribution in [0.1, 0.15) is 0 Å². The van der Waals surface area contributed by atoms with E-state index >= 15 is 0 Å². The molecule has 10 aromatic carbocycles. The third-order valence-corrected chi connectivity index (χ3v) is 13.8. The van der Waals surface area contributed by atoms with Crippen LogP contribution in [0, 0.1) is 0 Å². The van der Waals surface area contributed by atoms with Gasteiger partial charge in [-0.15, -0.1) is 0 Å². The summed E-state index contributed by atoms with van der Waals surface area (Å²) in [5.74, 6) is 3.59. The van der Waals surface area contributed by atoms with Crippen molar-refractivity contribution in [1.29, 1.82) is 0 Å². The standard InChI is InChI=1S/C64H38N8/c1-3-11-49-43(7-1)9-5-13-53(49)61-67-59(47-19-15-39(16-20-47)41-31-35-65-36-32-41)69-63(71-61)55-29-25-45-24-28-52-56(30-26-46-23-27-51(55)57(45)58(46)52)64-70-60(48-21-17-40(18-22-48)42-33-37-66-38-34-42)68-62(72-64)54-14-6-10-44-8-2-4-12-50(44)54/h1-38H. The van der Waals surface area contributed by atoms with Gasteiger partial charge >= 0.3 is 0 Å². The molecule has 0 saturated carbocycles. The predicted molar refractivity (Wildman–Crippen MR) is 291 cm³/mol. The highest BCUT2D eigenvalue weighted by Crippen LogP contribution is 2.43. The van der Waals surface area contributed by atoms with Crippen LogP contribution in [0.25, 0.3) is 144 Å². The van der Waals surface area contributed by atoms with Gasteiger partial charge in [-0.3, -0.25) is 9.97 Å². The Balaban J connectivity index is 0.952. The van der Waals surface area contributed by atoms with E-state index in [-0.39, 0.29) is 0 Å². The van der Waals surface area contributed by atoms with Gasteiger partial charge in [0.1, 0.15) is 0 Å². The Morgan fingerprint density at radius 1 is 0.194 bits per heavy atom. The van der Waals surface area contributed by atoms with Crippen molar-refractivity contribution in [3.05, 3.63) is 231 Å². The summed E-state index contributed by atoms with van der Waals surface area (Å²) in [4.78, 5) is 40.0. The lowest BCUT2D eigenvalue weighted by molar-refractivity contribution is 1.08. The molecule has 0 atom stereocenters. The second-order valence-electron chi connectivity index (χ2n) is 17.9. The van der Waals surface area contributed by atoms with E-state index in [2.05, 4.69) is 192 Å². The van der Waals surface area contributed by atoms with E-state index in [0.29, 0.717) is 34.9 Å². The third kappa shape index (κ3) is 7.08. The summed E-state index contributed by atoms with van der Waals surface area (Å²) < 4.78 is 0. The molecule has 0 aliphatic heterocycles. The first-order valence-corrected chi connectivity index (χ1v) is 23.9. The summed E-state index contributed by atoms with van der Waals surface area (Å²) >= 11 is 0. The van der Waals surface area contributed by atoms with Crippen molar-refractivity contribution in [3.63, 3.8) is 0 Å². The molecule has 0 unspecified atom stereocenters. The lowest BCUT2D eigenvalue weighted by Gasteiger charge is -2.17. The molecule has 334 valence electrons. The normalized spacial score (nSPS) is 11.6. The monoisotopic (exact) mass is 918 g/mol. The van der Waals surface area contributed by atoms with E-state index in [0.717, 1.165) is 109 Å². The lowest BCUT2D eigenvalue weighted by Crippen LogP contribution is -2.02. The minimum absolute atomic E-state index is 0.594. The van der Waals surface area contributed by atoms with E-state index < -0.39 is 0 Å². The van der Waals surface area contributed by atoms with Crippen LogP contribution in [-0.4, -0.2) is 39.9 Å². The van der Waals surface area contributed by atoms with Crippen molar-refractivity contribution in [3.8, 4) is 90.6 Å². The summed E-state index contributed by atoms with van der Waals surface area (Å²) in [5, 5.41) is 10.9. The molecule has 0 bridgehead atoms. The average Bonchev–Trinajstić information content (AvgIpc) is 3.46. The van der Waals surface area contributed by atoms with Gasteiger partial charge in [0.05, 0.1) is 0 Å². The highest BCUT2D eigenvalue weighted by Gasteiger charge is 2.21.